The van der Waals surface area contributed by atoms with Crippen molar-refractivity contribution in [2.24, 2.45) is 0 Å². The zero-order valence-electron chi connectivity index (χ0n) is 13.6. The molecule has 0 unspecified atom stereocenters. The van der Waals surface area contributed by atoms with E-state index in [1.165, 1.54) is 5.56 Å². The Bertz CT molecular complexity index is 510. The average molecular weight is 335 g/mol. The average Bonchev–Trinajstić information content (AvgIpc) is 2.56. The molecule has 0 radical (unpaired) electrons. The smallest absolute Gasteiger partial charge is 0.237 e. The Kier molecular flexibility index (Phi) is 7.42. The zero-order valence-corrected chi connectivity index (χ0v) is 14.4. The van der Waals surface area contributed by atoms with Crippen LogP contribution < -0.4 is 10.6 Å². The molecule has 0 bridgehead atoms. The number of carbonyl (C=O) groups is 2. The van der Waals surface area contributed by atoms with Crippen molar-refractivity contribution < 1.29 is 9.59 Å². The number of hydrogen-bond acceptors (Lipinski definition) is 4. The first-order chi connectivity index (χ1) is 11.2. The number of carbonyl (C=O) groups excluding carboxylic acids is 2. The monoisotopic (exact) mass is 335 g/mol. The van der Waals surface area contributed by atoms with E-state index in [-0.39, 0.29) is 24.3 Å². The van der Waals surface area contributed by atoms with Crippen LogP contribution >= 0.6 is 11.8 Å². The summed E-state index contributed by atoms with van der Waals surface area (Å²) in [5.41, 5.74) is 1.25. The van der Waals surface area contributed by atoms with Crippen LogP contribution in [-0.4, -0.2) is 60.9 Å². The van der Waals surface area contributed by atoms with Crippen molar-refractivity contribution in [3.05, 3.63) is 35.9 Å². The van der Waals surface area contributed by atoms with Gasteiger partial charge in [-0.1, -0.05) is 30.3 Å². The molecule has 1 aromatic carbocycles. The van der Waals surface area contributed by atoms with Crippen LogP contribution in [0, 0.1) is 0 Å². The Labute approximate surface area is 142 Å². The molecule has 0 aromatic heterocycles. The van der Waals surface area contributed by atoms with Gasteiger partial charge in [0.2, 0.25) is 11.8 Å². The van der Waals surface area contributed by atoms with Gasteiger partial charge in [0.1, 0.15) is 0 Å². The molecule has 1 atom stereocenters. The fraction of sp³-hybridized carbons (Fsp3) is 0.529. The third-order valence-corrected chi connectivity index (χ3v) is 4.59. The van der Waals surface area contributed by atoms with Crippen LogP contribution in [0.2, 0.25) is 0 Å². The van der Waals surface area contributed by atoms with Crippen LogP contribution in [0.5, 0.6) is 0 Å². The quantitative estimate of drug-likeness (QED) is 0.693. The molecule has 6 heteroatoms. The number of nitrogens with zero attached hydrogens (tertiary/aromatic N) is 1. The van der Waals surface area contributed by atoms with Gasteiger partial charge in [0, 0.05) is 31.9 Å². The molecule has 1 aliphatic heterocycles. The number of rotatable bonds is 8. The van der Waals surface area contributed by atoms with Crippen molar-refractivity contribution in [1.82, 2.24) is 15.5 Å². The van der Waals surface area contributed by atoms with Gasteiger partial charge in [0.25, 0.3) is 0 Å². The van der Waals surface area contributed by atoms with Gasteiger partial charge in [-0.25, -0.2) is 0 Å². The van der Waals surface area contributed by atoms with E-state index in [2.05, 4.69) is 27.7 Å². The fourth-order valence-corrected chi connectivity index (χ4v) is 3.02. The van der Waals surface area contributed by atoms with Crippen molar-refractivity contribution in [2.45, 2.75) is 18.9 Å². The summed E-state index contributed by atoms with van der Waals surface area (Å²) in [6.45, 7) is 2.89. The van der Waals surface area contributed by atoms with E-state index in [0.717, 1.165) is 25.3 Å². The maximum atomic E-state index is 12.1. The lowest BCUT2D eigenvalue weighted by molar-refractivity contribution is -0.133. The van der Waals surface area contributed by atoms with Crippen LogP contribution in [0.25, 0.3) is 0 Å². The normalized spacial score (nSPS) is 18.5. The van der Waals surface area contributed by atoms with E-state index in [0.29, 0.717) is 13.1 Å². The molecule has 5 nitrogen and oxygen atoms in total. The summed E-state index contributed by atoms with van der Waals surface area (Å²) < 4.78 is 0. The van der Waals surface area contributed by atoms with Crippen LogP contribution in [0.15, 0.2) is 30.3 Å². The minimum atomic E-state index is -0.359. The summed E-state index contributed by atoms with van der Waals surface area (Å²) in [5, 5.41) is 5.75. The molecule has 1 saturated heterocycles. The highest BCUT2D eigenvalue weighted by Crippen LogP contribution is 2.11. The number of piperazine rings is 1. The highest BCUT2D eigenvalue weighted by atomic mass is 32.2. The lowest BCUT2D eigenvalue weighted by atomic mass is 10.1. The second-order valence-corrected chi connectivity index (χ2v) is 6.61. The summed E-state index contributed by atoms with van der Waals surface area (Å²) in [4.78, 5) is 26.3. The standard InChI is InChI=1S/C17H25N3O2S/c1-23-12-9-18-16(21)13-15-17(22)19-8-11-20(15)10-7-14-5-3-2-4-6-14/h2-6,15H,7-13H2,1H3,(H,18,21)(H,19,22)/t15-/m0/s1. The molecule has 0 spiro atoms. The molecule has 1 heterocycles. The zero-order chi connectivity index (χ0) is 16.5. The fourth-order valence-electron chi connectivity index (χ4n) is 2.71. The maximum Gasteiger partial charge on any atom is 0.237 e. The summed E-state index contributed by atoms with van der Waals surface area (Å²) in [5.74, 6) is 0.801. The van der Waals surface area contributed by atoms with Gasteiger partial charge in [-0.15, -0.1) is 0 Å². The van der Waals surface area contributed by atoms with Crippen molar-refractivity contribution in [2.75, 3.05) is 38.2 Å². The summed E-state index contributed by atoms with van der Waals surface area (Å²) >= 11 is 1.69. The molecular weight excluding hydrogens is 310 g/mol. The molecule has 0 aliphatic carbocycles. The van der Waals surface area contributed by atoms with Gasteiger partial charge in [0.15, 0.2) is 0 Å². The van der Waals surface area contributed by atoms with E-state index in [9.17, 15) is 9.59 Å². The first-order valence-corrected chi connectivity index (χ1v) is 9.41. The number of thioether (sulfide) groups is 1. The van der Waals surface area contributed by atoms with Crippen molar-refractivity contribution >= 4 is 23.6 Å². The number of benzene rings is 1. The molecule has 0 saturated carbocycles. The minimum Gasteiger partial charge on any atom is -0.355 e. The van der Waals surface area contributed by atoms with Crippen LogP contribution in [0.4, 0.5) is 0 Å². The Morgan fingerprint density at radius 3 is 2.91 bits per heavy atom. The lowest BCUT2D eigenvalue weighted by Gasteiger charge is -2.34. The second kappa shape index (κ2) is 9.57. The van der Waals surface area contributed by atoms with Crippen LogP contribution in [0.3, 0.4) is 0 Å². The van der Waals surface area contributed by atoms with Gasteiger partial charge in [-0.2, -0.15) is 11.8 Å². The van der Waals surface area contributed by atoms with E-state index in [4.69, 9.17) is 0 Å². The first kappa shape index (κ1) is 17.8. The van der Waals surface area contributed by atoms with Gasteiger partial charge < -0.3 is 10.6 Å². The predicted octanol–water partition coefficient (Wildman–Crippen LogP) is 0.899. The molecule has 126 valence electrons. The van der Waals surface area contributed by atoms with Crippen molar-refractivity contribution in [1.29, 1.82) is 0 Å². The molecule has 2 rings (SSSR count). The number of hydrogen-bond donors (Lipinski definition) is 2. The van der Waals surface area contributed by atoms with Gasteiger partial charge >= 0.3 is 0 Å². The number of nitrogens with one attached hydrogen (secondary N) is 2. The molecular formula is C17H25N3O2S. The Balaban J connectivity index is 1.87. The number of amides is 2. The summed E-state index contributed by atoms with van der Waals surface area (Å²) in [6.07, 6.45) is 3.12. The molecule has 1 aliphatic rings. The lowest BCUT2D eigenvalue weighted by Crippen LogP contribution is -2.57. The summed E-state index contributed by atoms with van der Waals surface area (Å²) in [7, 11) is 0. The SMILES string of the molecule is CSCCNC(=O)C[C@H]1C(=O)NCCN1CCc1ccccc1. The largest absolute Gasteiger partial charge is 0.355 e. The van der Waals surface area contributed by atoms with E-state index < -0.39 is 0 Å². The second-order valence-electron chi connectivity index (χ2n) is 5.63. The Morgan fingerprint density at radius 2 is 2.17 bits per heavy atom. The van der Waals surface area contributed by atoms with Crippen molar-refractivity contribution in [3.63, 3.8) is 0 Å². The van der Waals surface area contributed by atoms with Crippen molar-refractivity contribution in [3.8, 4) is 0 Å². The molecule has 23 heavy (non-hydrogen) atoms. The summed E-state index contributed by atoms with van der Waals surface area (Å²) in [6, 6.07) is 9.87. The highest BCUT2D eigenvalue weighted by molar-refractivity contribution is 7.98. The van der Waals surface area contributed by atoms with E-state index in [1.807, 2.05) is 24.5 Å². The Morgan fingerprint density at radius 1 is 1.39 bits per heavy atom. The third kappa shape index (κ3) is 5.88. The van der Waals surface area contributed by atoms with Crippen LogP contribution in [0.1, 0.15) is 12.0 Å². The van der Waals surface area contributed by atoms with Gasteiger partial charge in [0.05, 0.1) is 12.5 Å². The topological polar surface area (TPSA) is 61.4 Å². The molecule has 1 aromatic rings. The maximum absolute atomic E-state index is 12.1. The van der Waals surface area contributed by atoms with Gasteiger partial charge in [-0.3, -0.25) is 14.5 Å². The highest BCUT2D eigenvalue weighted by Gasteiger charge is 2.31. The molecule has 2 N–H and O–H groups in total. The van der Waals surface area contributed by atoms with Gasteiger partial charge in [-0.05, 0) is 18.2 Å². The van der Waals surface area contributed by atoms with E-state index in [1.54, 1.807) is 11.8 Å². The molecule has 1 fully saturated rings. The van der Waals surface area contributed by atoms with Crippen LogP contribution in [-0.2, 0) is 16.0 Å². The third-order valence-electron chi connectivity index (χ3n) is 3.98. The predicted molar refractivity (Wildman–Crippen MR) is 94.5 cm³/mol. The molecule has 2 amide bonds. The minimum absolute atomic E-state index is 0.0377. The first-order valence-electron chi connectivity index (χ1n) is 8.02. The Hall–Kier alpha value is -1.53. The van der Waals surface area contributed by atoms with E-state index >= 15 is 0 Å².